The first-order chi connectivity index (χ1) is 15.4. The molecular formula is C28H31IO4. The van der Waals surface area contributed by atoms with Gasteiger partial charge in [0.25, 0.3) is 0 Å². The van der Waals surface area contributed by atoms with E-state index in [0.29, 0.717) is 11.1 Å². The molecule has 0 saturated carbocycles. The van der Waals surface area contributed by atoms with E-state index in [2.05, 4.69) is 41.5 Å². The molecule has 0 aliphatic carbocycles. The Labute approximate surface area is 204 Å². The van der Waals surface area contributed by atoms with Crippen molar-refractivity contribution in [3.05, 3.63) is 105 Å². The van der Waals surface area contributed by atoms with Crippen LogP contribution < -0.4 is 0 Å². The van der Waals surface area contributed by atoms with Gasteiger partial charge in [-0.25, -0.2) is 0 Å². The Bertz CT molecular complexity index is 1020. The minimum absolute atomic E-state index is 0.0110. The van der Waals surface area contributed by atoms with Crippen molar-refractivity contribution in [3.8, 4) is 0 Å². The van der Waals surface area contributed by atoms with Gasteiger partial charge in [-0.15, -0.1) is 0 Å². The number of hydrogen-bond acceptors (Lipinski definition) is 4. The molecule has 0 aliphatic rings. The van der Waals surface area contributed by atoms with Crippen LogP contribution in [0.5, 0.6) is 0 Å². The Hall–Kier alpha value is -2.67. The molecule has 0 radical (unpaired) electrons. The van der Waals surface area contributed by atoms with Crippen LogP contribution in [0.3, 0.4) is 0 Å². The molecule has 0 aromatic heterocycles. The second-order valence-corrected chi connectivity index (χ2v) is 13.3. The molecule has 0 amide bonds. The number of hydrogen-bond donors (Lipinski definition) is 0. The molecule has 4 nitrogen and oxygen atoms in total. The van der Waals surface area contributed by atoms with E-state index in [1.807, 2.05) is 54.6 Å². The van der Waals surface area contributed by atoms with E-state index in [-0.39, 0.29) is 10.8 Å². The fraction of sp³-hybridized carbons (Fsp3) is 0.286. The Morgan fingerprint density at radius 2 is 0.939 bits per heavy atom. The van der Waals surface area contributed by atoms with Crippen molar-refractivity contribution >= 4 is 32.6 Å². The third-order valence-corrected chi connectivity index (χ3v) is 8.50. The molecule has 0 bridgehead atoms. The van der Waals surface area contributed by atoms with Crippen LogP contribution in [-0.2, 0) is 17.0 Å². The monoisotopic (exact) mass is 558 g/mol. The molecule has 3 aromatic carbocycles. The second kappa shape index (κ2) is 10.1. The van der Waals surface area contributed by atoms with Crippen molar-refractivity contribution in [2.24, 2.45) is 0 Å². The van der Waals surface area contributed by atoms with Crippen LogP contribution in [0, 0.1) is 3.57 Å². The Balaban J connectivity index is 1.79. The summed E-state index contributed by atoms with van der Waals surface area (Å²) < 4.78 is 12.3. The van der Waals surface area contributed by atoms with Crippen LogP contribution in [-0.4, -0.2) is 11.9 Å². The van der Waals surface area contributed by atoms with Gasteiger partial charge in [0.15, 0.2) is 0 Å². The van der Waals surface area contributed by atoms with Gasteiger partial charge in [-0.05, 0) is 0 Å². The summed E-state index contributed by atoms with van der Waals surface area (Å²) in [5, 5.41) is 0. The molecule has 0 aliphatic heterocycles. The summed E-state index contributed by atoms with van der Waals surface area (Å²) >= 11 is -3.05. The van der Waals surface area contributed by atoms with Gasteiger partial charge in [-0.2, -0.15) is 0 Å². The SMILES string of the molecule is CC(C)(C)c1ccc(C(=O)OI(OC(=O)c2ccc(C(C)(C)C)cc2)c2ccccc2)cc1. The summed E-state index contributed by atoms with van der Waals surface area (Å²) in [5.74, 6) is -0.971. The van der Waals surface area contributed by atoms with Gasteiger partial charge < -0.3 is 0 Å². The van der Waals surface area contributed by atoms with E-state index in [9.17, 15) is 9.59 Å². The molecule has 0 N–H and O–H groups in total. The van der Waals surface area contributed by atoms with Crippen LogP contribution in [0.4, 0.5) is 0 Å². The quantitative estimate of drug-likeness (QED) is 0.305. The average Bonchev–Trinajstić information content (AvgIpc) is 2.78. The van der Waals surface area contributed by atoms with Gasteiger partial charge in [0.05, 0.1) is 0 Å². The Morgan fingerprint density at radius 3 is 1.27 bits per heavy atom. The standard InChI is InChI=1S/C28H31IO4/c1-27(2,3)22-16-12-20(13-17-22)25(30)32-29(24-10-8-7-9-11-24)33-26(31)21-14-18-23(19-15-21)28(4,5)6/h7-19H,1-6H3. The van der Waals surface area contributed by atoms with E-state index in [0.717, 1.165) is 14.7 Å². The van der Waals surface area contributed by atoms with Crippen LogP contribution in [0.15, 0.2) is 78.9 Å². The zero-order chi connectivity index (χ0) is 24.2. The molecule has 174 valence electrons. The summed E-state index contributed by atoms with van der Waals surface area (Å²) in [4.78, 5) is 25.8. The third kappa shape index (κ3) is 6.67. The van der Waals surface area contributed by atoms with E-state index in [1.54, 1.807) is 24.3 Å². The van der Waals surface area contributed by atoms with E-state index < -0.39 is 32.6 Å². The van der Waals surface area contributed by atoms with E-state index >= 15 is 0 Å². The summed E-state index contributed by atoms with van der Waals surface area (Å²) in [6, 6.07) is 24.0. The number of halogens is 1. The normalized spacial score (nSPS) is 12.1. The van der Waals surface area contributed by atoms with Crippen LogP contribution in [0.1, 0.15) is 73.4 Å². The number of carbonyl (C=O) groups is 2. The van der Waals surface area contributed by atoms with Crippen LogP contribution in [0.2, 0.25) is 0 Å². The van der Waals surface area contributed by atoms with Crippen molar-refractivity contribution in [1.29, 1.82) is 0 Å². The molecule has 3 aromatic rings. The molecule has 0 spiro atoms. The van der Waals surface area contributed by atoms with Crippen molar-refractivity contribution in [3.63, 3.8) is 0 Å². The van der Waals surface area contributed by atoms with Gasteiger partial charge >= 0.3 is 205 Å². The maximum atomic E-state index is 12.9. The molecule has 0 heterocycles. The summed E-state index contributed by atoms with van der Waals surface area (Å²) in [7, 11) is 0. The zero-order valence-corrected chi connectivity index (χ0v) is 22.2. The predicted octanol–water partition coefficient (Wildman–Crippen LogP) is 7.50. The third-order valence-electron chi connectivity index (χ3n) is 5.16. The first kappa shape index (κ1) is 25.0. The number of carbonyl (C=O) groups excluding carboxylic acids is 2. The van der Waals surface area contributed by atoms with Gasteiger partial charge in [-0.3, -0.25) is 0 Å². The molecule has 33 heavy (non-hydrogen) atoms. The summed E-state index contributed by atoms with van der Waals surface area (Å²) in [6.07, 6.45) is 0. The van der Waals surface area contributed by atoms with Gasteiger partial charge in [0.2, 0.25) is 0 Å². The van der Waals surface area contributed by atoms with Gasteiger partial charge in [0, 0.05) is 0 Å². The fourth-order valence-corrected chi connectivity index (χ4v) is 5.89. The fourth-order valence-electron chi connectivity index (χ4n) is 3.05. The first-order valence-electron chi connectivity index (χ1n) is 10.9. The number of benzene rings is 3. The Kier molecular flexibility index (Phi) is 7.62. The van der Waals surface area contributed by atoms with Gasteiger partial charge in [-0.1, -0.05) is 0 Å². The number of rotatable bonds is 5. The molecule has 5 heteroatoms. The Morgan fingerprint density at radius 1 is 0.576 bits per heavy atom. The predicted molar refractivity (Wildman–Crippen MR) is 140 cm³/mol. The minimum atomic E-state index is -3.05. The zero-order valence-electron chi connectivity index (χ0n) is 20.0. The van der Waals surface area contributed by atoms with Gasteiger partial charge in [0.1, 0.15) is 0 Å². The second-order valence-electron chi connectivity index (χ2n) is 9.90. The average molecular weight is 558 g/mol. The van der Waals surface area contributed by atoms with E-state index in [1.165, 1.54) is 0 Å². The van der Waals surface area contributed by atoms with Crippen molar-refractivity contribution in [2.75, 3.05) is 0 Å². The maximum absolute atomic E-state index is 12.9. The van der Waals surface area contributed by atoms with E-state index in [4.69, 9.17) is 6.13 Å². The van der Waals surface area contributed by atoms with Crippen molar-refractivity contribution < 1.29 is 15.7 Å². The van der Waals surface area contributed by atoms with Crippen LogP contribution in [0.25, 0.3) is 0 Å². The topological polar surface area (TPSA) is 52.6 Å². The summed E-state index contributed by atoms with van der Waals surface area (Å²) in [5.41, 5.74) is 3.11. The van der Waals surface area contributed by atoms with Crippen molar-refractivity contribution in [2.45, 2.75) is 52.4 Å². The molecule has 0 saturated heterocycles. The molecule has 0 atom stereocenters. The summed E-state index contributed by atoms with van der Waals surface area (Å²) in [6.45, 7) is 12.7. The van der Waals surface area contributed by atoms with Crippen LogP contribution >= 0.6 is 20.6 Å². The van der Waals surface area contributed by atoms with Crippen molar-refractivity contribution in [1.82, 2.24) is 0 Å². The molecule has 0 fully saturated rings. The molecular weight excluding hydrogens is 527 g/mol. The molecule has 0 unspecified atom stereocenters. The molecule has 3 rings (SSSR count). The first-order valence-corrected chi connectivity index (χ1v) is 13.7.